The van der Waals surface area contributed by atoms with Gasteiger partial charge in [-0.2, -0.15) is 0 Å². The fourth-order valence-electron chi connectivity index (χ4n) is 2.90. The zero-order chi connectivity index (χ0) is 16.6. The number of nitro benzene ring substituents is 1. The molecule has 0 aromatic heterocycles. The standard InChI is InChI=1S/C17H15ClN2O3/c1-11-8-9-19(15-5-3-2-4-13(11)15)17(21)12-6-7-14(18)16(10-12)20(22)23/h2-7,10-11H,8-9H2,1H3. The molecule has 1 unspecified atom stereocenters. The van der Waals surface area contributed by atoms with Gasteiger partial charge in [0.2, 0.25) is 0 Å². The van der Waals surface area contributed by atoms with Crippen LogP contribution in [0.1, 0.15) is 35.2 Å². The molecule has 3 rings (SSSR count). The summed E-state index contributed by atoms with van der Waals surface area (Å²) in [7, 11) is 0. The highest BCUT2D eigenvalue weighted by molar-refractivity contribution is 6.32. The number of halogens is 1. The number of carbonyl (C=O) groups excluding carboxylic acids is 1. The van der Waals surface area contributed by atoms with Gasteiger partial charge in [0.25, 0.3) is 11.6 Å². The van der Waals surface area contributed by atoms with Crippen LogP contribution >= 0.6 is 11.6 Å². The van der Waals surface area contributed by atoms with Crippen LogP contribution in [0.25, 0.3) is 0 Å². The number of para-hydroxylation sites is 1. The molecule has 23 heavy (non-hydrogen) atoms. The number of nitro groups is 1. The van der Waals surface area contributed by atoms with Gasteiger partial charge in [0.15, 0.2) is 0 Å². The fraction of sp³-hybridized carbons (Fsp3) is 0.235. The molecule has 0 N–H and O–H groups in total. The number of amides is 1. The van der Waals surface area contributed by atoms with Gasteiger partial charge in [-0.3, -0.25) is 14.9 Å². The second-order valence-electron chi connectivity index (χ2n) is 5.63. The molecule has 0 bridgehead atoms. The van der Waals surface area contributed by atoms with Crippen LogP contribution in [0.15, 0.2) is 42.5 Å². The number of rotatable bonds is 2. The van der Waals surface area contributed by atoms with Gasteiger partial charge in [0.05, 0.1) is 4.92 Å². The second-order valence-corrected chi connectivity index (χ2v) is 6.04. The average Bonchev–Trinajstić information content (AvgIpc) is 2.55. The molecule has 0 saturated heterocycles. The smallest absolute Gasteiger partial charge is 0.288 e. The molecule has 2 aromatic carbocycles. The molecule has 2 aromatic rings. The van der Waals surface area contributed by atoms with Gasteiger partial charge >= 0.3 is 0 Å². The van der Waals surface area contributed by atoms with Crippen molar-refractivity contribution in [2.75, 3.05) is 11.4 Å². The third-order valence-electron chi connectivity index (χ3n) is 4.18. The van der Waals surface area contributed by atoms with E-state index in [1.165, 1.54) is 18.2 Å². The summed E-state index contributed by atoms with van der Waals surface area (Å²) < 4.78 is 0. The van der Waals surface area contributed by atoms with Crippen molar-refractivity contribution in [3.63, 3.8) is 0 Å². The summed E-state index contributed by atoms with van der Waals surface area (Å²) in [4.78, 5) is 24.9. The third-order valence-corrected chi connectivity index (χ3v) is 4.50. The molecule has 1 aliphatic rings. The van der Waals surface area contributed by atoms with Crippen molar-refractivity contribution < 1.29 is 9.72 Å². The van der Waals surface area contributed by atoms with Crippen LogP contribution in [0.5, 0.6) is 0 Å². The fourth-order valence-corrected chi connectivity index (χ4v) is 3.09. The molecular weight excluding hydrogens is 316 g/mol. The minimum atomic E-state index is -0.578. The summed E-state index contributed by atoms with van der Waals surface area (Å²) in [6.45, 7) is 2.72. The van der Waals surface area contributed by atoms with E-state index in [-0.39, 0.29) is 22.2 Å². The second kappa shape index (κ2) is 6.01. The van der Waals surface area contributed by atoms with E-state index in [9.17, 15) is 14.9 Å². The molecule has 118 valence electrons. The topological polar surface area (TPSA) is 63.5 Å². The first kappa shape index (κ1) is 15.5. The van der Waals surface area contributed by atoms with Crippen LogP contribution in [0, 0.1) is 10.1 Å². The molecule has 1 amide bonds. The Kier molecular flexibility index (Phi) is 4.05. The lowest BCUT2D eigenvalue weighted by atomic mass is 9.91. The lowest BCUT2D eigenvalue weighted by Gasteiger charge is -2.33. The molecule has 6 heteroatoms. The zero-order valence-corrected chi connectivity index (χ0v) is 13.3. The highest BCUT2D eigenvalue weighted by Crippen LogP contribution is 2.36. The normalized spacial score (nSPS) is 16.8. The van der Waals surface area contributed by atoms with E-state index in [0.29, 0.717) is 12.5 Å². The minimum Gasteiger partial charge on any atom is -0.308 e. The summed E-state index contributed by atoms with van der Waals surface area (Å²) in [5.41, 5.74) is 2.01. The van der Waals surface area contributed by atoms with E-state index in [2.05, 4.69) is 6.92 Å². The number of hydrogen-bond donors (Lipinski definition) is 0. The Morgan fingerprint density at radius 2 is 2.04 bits per heavy atom. The SMILES string of the molecule is CC1CCN(C(=O)c2ccc(Cl)c([N+](=O)[O-])c2)c2ccccc21. The zero-order valence-electron chi connectivity index (χ0n) is 12.5. The van der Waals surface area contributed by atoms with Crippen molar-refractivity contribution in [2.24, 2.45) is 0 Å². The monoisotopic (exact) mass is 330 g/mol. The number of carbonyl (C=O) groups is 1. The molecule has 5 nitrogen and oxygen atoms in total. The van der Waals surface area contributed by atoms with Gasteiger partial charge in [-0.05, 0) is 36.1 Å². The predicted octanol–water partition coefficient (Wildman–Crippen LogP) is 4.40. The van der Waals surface area contributed by atoms with E-state index >= 15 is 0 Å². The Hall–Kier alpha value is -2.40. The Labute approximate surface area is 138 Å². The number of benzene rings is 2. The lowest BCUT2D eigenvalue weighted by Crippen LogP contribution is -2.36. The van der Waals surface area contributed by atoms with Gasteiger partial charge in [-0.25, -0.2) is 0 Å². The molecule has 0 spiro atoms. The molecule has 1 atom stereocenters. The van der Waals surface area contributed by atoms with Crippen LogP contribution in [0.3, 0.4) is 0 Å². The van der Waals surface area contributed by atoms with Crippen molar-refractivity contribution in [3.05, 3.63) is 68.7 Å². The van der Waals surface area contributed by atoms with Gasteiger partial charge < -0.3 is 4.90 Å². The number of nitrogens with zero attached hydrogens (tertiary/aromatic N) is 2. The Morgan fingerprint density at radius 1 is 1.30 bits per heavy atom. The van der Waals surface area contributed by atoms with Gasteiger partial charge in [-0.15, -0.1) is 0 Å². The summed E-state index contributed by atoms with van der Waals surface area (Å²) in [5, 5.41) is 11.0. The Morgan fingerprint density at radius 3 is 2.78 bits per heavy atom. The van der Waals surface area contributed by atoms with Crippen molar-refractivity contribution in [1.29, 1.82) is 0 Å². The molecule has 0 aliphatic carbocycles. The van der Waals surface area contributed by atoms with Gasteiger partial charge in [0, 0.05) is 23.9 Å². The maximum Gasteiger partial charge on any atom is 0.288 e. The van der Waals surface area contributed by atoms with E-state index in [0.717, 1.165) is 17.7 Å². The first-order valence-corrected chi connectivity index (χ1v) is 7.71. The highest BCUT2D eigenvalue weighted by Gasteiger charge is 2.28. The van der Waals surface area contributed by atoms with Crippen molar-refractivity contribution in [2.45, 2.75) is 19.3 Å². The van der Waals surface area contributed by atoms with Crippen LogP contribution < -0.4 is 4.90 Å². The Balaban J connectivity index is 2.00. The van der Waals surface area contributed by atoms with Gasteiger partial charge in [-0.1, -0.05) is 36.7 Å². The average molecular weight is 331 g/mol. The number of fused-ring (bicyclic) bond motifs is 1. The molecule has 0 radical (unpaired) electrons. The third kappa shape index (κ3) is 2.80. The summed E-state index contributed by atoms with van der Waals surface area (Å²) in [6, 6.07) is 11.9. The van der Waals surface area contributed by atoms with Crippen LogP contribution in [0.2, 0.25) is 5.02 Å². The van der Waals surface area contributed by atoms with E-state index in [4.69, 9.17) is 11.6 Å². The lowest BCUT2D eigenvalue weighted by molar-refractivity contribution is -0.384. The molecule has 0 fully saturated rings. The first-order valence-electron chi connectivity index (χ1n) is 7.33. The first-order chi connectivity index (χ1) is 11.0. The summed E-state index contributed by atoms with van der Waals surface area (Å²) >= 11 is 5.82. The van der Waals surface area contributed by atoms with Crippen LogP contribution in [0.4, 0.5) is 11.4 Å². The molecule has 1 heterocycles. The quantitative estimate of drug-likeness (QED) is 0.605. The van der Waals surface area contributed by atoms with Crippen LogP contribution in [-0.4, -0.2) is 17.4 Å². The largest absolute Gasteiger partial charge is 0.308 e. The number of hydrogen-bond acceptors (Lipinski definition) is 3. The summed E-state index contributed by atoms with van der Waals surface area (Å²) in [5.74, 6) is 0.138. The van der Waals surface area contributed by atoms with Gasteiger partial charge in [0.1, 0.15) is 5.02 Å². The highest BCUT2D eigenvalue weighted by atomic mass is 35.5. The van der Waals surface area contributed by atoms with Crippen molar-refractivity contribution in [1.82, 2.24) is 0 Å². The van der Waals surface area contributed by atoms with Crippen LogP contribution in [-0.2, 0) is 0 Å². The maximum atomic E-state index is 12.8. The molecule has 1 aliphatic heterocycles. The van der Waals surface area contributed by atoms with E-state index < -0.39 is 4.92 Å². The number of anilines is 1. The van der Waals surface area contributed by atoms with Crippen molar-refractivity contribution in [3.8, 4) is 0 Å². The molecule has 0 saturated carbocycles. The maximum absolute atomic E-state index is 12.8. The summed E-state index contributed by atoms with van der Waals surface area (Å²) in [6.07, 6.45) is 0.860. The Bertz CT molecular complexity index is 791. The minimum absolute atomic E-state index is 0.0271. The van der Waals surface area contributed by atoms with E-state index in [1.807, 2.05) is 24.3 Å². The molecular formula is C17H15ClN2O3. The van der Waals surface area contributed by atoms with E-state index in [1.54, 1.807) is 4.90 Å². The predicted molar refractivity (Wildman–Crippen MR) is 89.3 cm³/mol. The van der Waals surface area contributed by atoms with Crippen molar-refractivity contribution >= 4 is 28.9 Å².